The van der Waals surface area contributed by atoms with Crippen LogP contribution in [0.3, 0.4) is 0 Å². The zero-order valence-corrected chi connectivity index (χ0v) is 34.7. The Hall–Kier alpha value is -4.29. The van der Waals surface area contributed by atoms with Crippen LogP contribution in [-0.4, -0.2) is 27.8 Å². The van der Waals surface area contributed by atoms with Gasteiger partial charge in [-0.25, -0.2) is 0 Å². The molecule has 1 saturated carbocycles. The summed E-state index contributed by atoms with van der Waals surface area (Å²) in [5.41, 5.74) is 8.15. The van der Waals surface area contributed by atoms with Gasteiger partial charge in [0.25, 0.3) is 0 Å². The second-order valence-electron chi connectivity index (χ2n) is 14.7. The van der Waals surface area contributed by atoms with Gasteiger partial charge in [-0.1, -0.05) is 60.0 Å². The number of hydrogen-bond acceptors (Lipinski definition) is 3. The summed E-state index contributed by atoms with van der Waals surface area (Å²) in [5, 5.41) is 2.18. The summed E-state index contributed by atoms with van der Waals surface area (Å²) < 4.78 is 50.0. The molecule has 5 aromatic carbocycles. The summed E-state index contributed by atoms with van der Waals surface area (Å²) in [6.45, 7) is -2.16. The molecule has 8 aromatic rings. The van der Waals surface area contributed by atoms with E-state index in [-0.39, 0.29) is 31.6 Å². The number of nitrogens with zero attached hydrogens (tertiary/aromatic N) is 3. The van der Waals surface area contributed by atoms with E-state index in [1.165, 1.54) is 12.5 Å². The monoisotopic (exact) mass is 939 g/mol. The number of rotatable bonds is 6. The van der Waals surface area contributed by atoms with Crippen LogP contribution in [0.15, 0.2) is 126 Å². The van der Waals surface area contributed by atoms with E-state index in [1.807, 2.05) is 79.0 Å². The summed E-state index contributed by atoms with van der Waals surface area (Å²) in [5.74, 6) is 7.71. The van der Waals surface area contributed by atoms with Crippen LogP contribution in [0.4, 0.5) is 0 Å². The van der Waals surface area contributed by atoms with Gasteiger partial charge in [0.2, 0.25) is 0 Å². The Kier molecular flexibility index (Phi) is 9.38. The van der Waals surface area contributed by atoms with Crippen LogP contribution in [0.1, 0.15) is 50.1 Å². The third kappa shape index (κ3) is 7.99. The van der Waals surface area contributed by atoms with Crippen molar-refractivity contribution in [2.45, 2.75) is 62.6 Å². The topological polar surface area (TPSA) is 43.9 Å². The zero-order chi connectivity index (χ0) is 40.0. The smallest absolute Gasteiger partial charge is 0.123 e. The Labute approximate surface area is 336 Å². The first-order valence-electron chi connectivity index (χ1n) is 20.7. The number of aromatic nitrogens is 3. The first-order valence-corrected chi connectivity index (χ1v) is 25.5. The number of para-hydroxylation sites is 4. The van der Waals surface area contributed by atoms with Gasteiger partial charge in [-0.15, -0.1) is 17.7 Å². The van der Waals surface area contributed by atoms with E-state index in [4.69, 9.17) is 16.3 Å². The molecule has 1 radical (unpaired) electrons. The molecule has 4 nitrogen and oxygen atoms in total. The van der Waals surface area contributed by atoms with Crippen molar-refractivity contribution in [3.8, 4) is 28.3 Å². The number of benzene rings is 5. The molecular weight excluding hydrogens is 887 g/mol. The Bertz CT molecular complexity index is 2680. The molecule has 9 rings (SSSR count). The second-order valence-corrected chi connectivity index (χ2v) is 25.2. The largest absolute Gasteiger partial charge is 0.476 e. The van der Waals surface area contributed by atoms with E-state index >= 15 is 0 Å². The molecule has 0 N–H and O–H groups in total. The third-order valence-corrected chi connectivity index (χ3v) is 14.1. The summed E-state index contributed by atoms with van der Waals surface area (Å²) >= 11 is -2.35. The van der Waals surface area contributed by atoms with Gasteiger partial charge in [-0.2, -0.15) is 0 Å². The molecule has 1 aliphatic carbocycles. The maximum Gasteiger partial charge on any atom is 0.123 e. The molecule has 3 aromatic heterocycles. The van der Waals surface area contributed by atoms with Gasteiger partial charge in [0.15, 0.2) is 0 Å². The van der Waals surface area contributed by atoms with Crippen LogP contribution in [-0.2, 0) is 26.5 Å². The van der Waals surface area contributed by atoms with Gasteiger partial charge in [-0.05, 0) is 35.7 Å². The fourth-order valence-corrected chi connectivity index (χ4v) is 10.2. The van der Waals surface area contributed by atoms with Gasteiger partial charge in [-0.3, -0.25) is 4.98 Å². The predicted molar refractivity (Wildman–Crippen MR) is 219 cm³/mol. The summed E-state index contributed by atoms with van der Waals surface area (Å²) in [6, 6.07) is 43.8. The van der Waals surface area contributed by atoms with Crippen LogP contribution < -0.4 is 4.40 Å². The molecule has 0 spiro atoms. The van der Waals surface area contributed by atoms with Crippen molar-refractivity contribution in [2.75, 3.05) is 0 Å². The molecule has 53 heavy (non-hydrogen) atoms. The van der Waals surface area contributed by atoms with E-state index in [1.54, 1.807) is 12.1 Å². The molecule has 0 atom stereocenters. The van der Waals surface area contributed by atoms with Crippen molar-refractivity contribution in [1.82, 2.24) is 14.5 Å². The van der Waals surface area contributed by atoms with E-state index in [0.717, 1.165) is 85.7 Å². The summed E-state index contributed by atoms with van der Waals surface area (Å²) in [6.07, 6.45) is 5.74. The van der Waals surface area contributed by atoms with Crippen LogP contribution >= 0.6 is 0 Å². The van der Waals surface area contributed by atoms with Crippen molar-refractivity contribution in [2.24, 2.45) is 5.92 Å². The minimum Gasteiger partial charge on any atom is -0.476 e. The van der Waals surface area contributed by atoms with Crippen LogP contribution in [0.5, 0.6) is 0 Å². The van der Waals surface area contributed by atoms with Crippen molar-refractivity contribution in [3.05, 3.63) is 145 Å². The molecule has 1 fully saturated rings. The molecule has 269 valence electrons. The Morgan fingerprint density at radius 2 is 1.57 bits per heavy atom. The van der Waals surface area contributed by atoms with Crippen molar-refractivity contribution in [1.29, 1.82) is 0 Å². The molecule has 3 heterocycles. The van der Waals surface area contributed by atoms with Gasteiger partial charge >= 0.3 is 157 Å². The fourth-order valence-electron chi connectivity index (χ4n) is 7.21. The Balaban J connectivity index is 0.000000174. The molecule has 0 saturated heterocycles. The minimum absolute atomic E-state index is 0. The maximum atomic E-state index is 9.04. The van der Waals surface area contributed by atoms with Crippen molar-refractivity contribution < 1.29 is 31.4 Å². The SMILES string of the molecule is [2H]C([2H])([2H])c1c[c-]c(-c2cc(C([2H])([2H])C3CCCCC3)[c]([Ge]([CH3])([CH3])[CH3])cn2)cc1.[Ir].[c-]1cc2c(cc1-c1nc3ccccc3n1-c1ccccc1)oc1ccccc12. The summed E-state index contributed by atoms with van der Waals surface area (Å²) in [7, 11) is 0. The van der Waals surface area contributed by atoms with Gasteiger partial charge < -0.3 is 8.98 Å². The molecule has 0 amide bonds. The van der Waals surface area contributed by atoms with Gasteiger partial charge in [0, 0.05) is 25.8 Å². The number of imidazole rings is 1. The van der Waals surface area contributed by atoms with Gasteiger partial charge in [0.1, 0.15) is 5.58 Å². The van der Waals surface area contributed by atoms with Crippen molar-refractivity contribution in [3.63, 3.8) is 0 Å². The normalized spacial score (nSPS) is 15.4. The van der Waals surface area contributed by atoms with Crippen molar-refractivity contribution >= 4 is 50.6 Å². The number of furan rings is 1. The predicted octanol–water partition coefficient (Wildman–Crippen LogP) is 11.9. The number of pyridine rings is 1. The quantitative estimate of drug-likeness (QED) is 0.123. The fraction of sp³-hybridized carbons (Fsp3) is 0.234. The molecule has 6 heteroatoms. The van der Waals surface area contributed by atoms with E-state index in [2.05, 4.69) is 63.2 Å². The van der Waals surface area contributed by atoms with E-state index < -0.39 is 26.5 Å². The van der Waals surface area contributed by atoms with Crippen LogP contribution in [0.25, 0.3) is 61.3 Å². The van der Waals surface area contributed by atoms with E-state index in [9.17, 15) is 0 Å². The van der Waals surface area contributed by atoms with Crippen LogP contribution in [0.2, 0.25) is 17.3 Å². The molecule has 0 bridgehead atoms. The first kappa shape index (κ1) is 31.1. The Morgan fingerprint density at radius 1 is 0.811 bits per heavy atom. The third-order valence-electron chi connectivity index (χ3n) is 9.89. The number of aryl methyl sites for hydroxylation is 1. The summed E-state index contributed by atoms with van der Waals surface area (Å²) in [4.78, 5) is 9.54. The Morgan fingerprint density at radius 3 is 2.34 bits per heavy atom. The molecule has 0 unspecified atom stereocenters. The van der Waals surface area contributed by atoms with Gasteiger partial charge in [0.05, 0.1) is 22.4 Å². The average Bonchev–Trinajstić information content (AvgIpc) is 3.79. The number of fused-ring (bicyclic) bond motifs is 4. The number of hydrogen-bond donors (Lipinski definition) is 0. The maximum absolute atomic E-state index is 9.04. The molecule has 0 aliphatic heterocycles. The van der Waals surface area contributed by atoms with Crippen LogP contribution in [0, 0.1) is 24.9 Å². The zero-order valence-electron chi connectivity index (χ0n) is 35.2. The molecule has 1 aliphatic rings. The second kappa shape index (κ2) is 16.0. The first-order chi connectivity index (χ1) is 27.3. The standard InChI is InChI=1S/C25H15N2O.C22H30GeN.Ir/c1-2-8-18(9-3-1)27-22-12-6-5-11-21(22)26-25(27)17-14-15-20-19-10-4-7-13-23(19)28-24(20)16-17;1-17-10-12-19(13-11-17)22-15-20(14-18-8-6-5-7-9-18)21(16-24-22)23(2,3)4;/h1-13,15-16H;10-12,15-16,18H,5-9,14H2,1-4H3;/q2*-1;/i;1D3,14D2;. The minimum atomic E-state index is -2.35. The molecular formula is C47H45GeIrN3O-2. The van der Waals surface area contributed by atoms with E-state index in [0.29, 0.717) is 11.3 Å². The average molecular weight is 938 g/mol.